The topological polar surface area (TPSA) is 34.6 Å². The van der Waals surface area contributed by atoms with Crippen LogP contribution >= 0.6 is 0 Å². The highest BCUT2D eigenvalue weighted by Crippen LogP contribution is 2.31. The minimum atomic E-state index is 0.243. The summed E-state index contributed by atoms with van der Waals surface area (Å²) in [6.07, 6.45) is 0. The lowest BCUT2D eigenvalue weighted by Gasteiger charge is -2.23. The van der Waals surface area contributed by atoms with Crippen LogP contribution in [0.25, 0.3) is 0 Å². The molecule has 0 aromatic carbocycles. The molecule has 13 heavy (non-hydrogen) atoms. The maximum Gasteiger partial charge on any atom is 0.259 e. The molecule has 1 unspecified atom stereocenters. The van der Waals surface area contributed by atoms with Crippen molar-refractivity contribution < 1.29 is 4.68 Å². The number of aromatic nitrogens is 4. The first-order valence-corrected chi connectivity index (χ1v) is 4.60. The van der Waals surface area contributed by atoms with E-state index in [1.54, 1.807) is 0 Å². The highest BCUT2D eigenvalue weighted by molar-refractivity contribution is 4.92. The van der Waals surface area contributed by atoms with Gasteiger partial charge < -0.3 is 0 Å². The van der Waals surface area contributed by atoms with E-state index in [1.165, 1.54) is 0 Å². The predicted octanol–water partition coefficient (Wildman–Crippen LogP) is 0.789. The molecule has 0 aliphatic heterocycles. The fourth-order valence-electron chi connectivity index (χ4n) is 1.37. The Morgan fingerprint density at radius 2 is 1.92 bits per heavy atom. The van der Waals surface area contributed by atoms with Crippen molar-refractivity contribution in [2.75, 3.05) is 0 Å². The van der Waals surface area contributed by atoms with Gasteiger partial charge in [0.1, 0.15) is 5.21 Å². The van der Waals surface area contributed by atoms with Crippen molar-refractivity contribution in [1.82, 2.24) is 15.1 Å². The monoisotopic (exact) mass is 183 g/mol. The van der Waals surface area contributed by atoms with E-state index in [4.69, 9.17) is 0 Å². The summed E-state index contributed by atoms with van der Waals surface area (Å²) in [5.41, 5.74) is 0.243. The predicted molar refractivity (Wildman–Crippen MR) is 50.0 cm³/mol. The lowest BCUT2D eigenvalue weighted by Crippen LogP contribution is -2.39. The first-order valence-electron chi connectivity index (χ1n) is 4.60. The number of tetrazole rings is 1. The van der Waals surface area contributed by atoms with Gasteiger partial charge in [-0.1, -0.05) is 32.4 Å². The number of aryl methyl sites for hydroxylation is 2. The Kier molecular flexibility index (Phi) is 2.41. The summed E-state index contributed by atoms with van der Waals surface area (Å²) in [5, 5.41) is 7.96. The van der Waals surface area contributed by atoms with Gasteiger partial charge in [0, 0.05) is 0 Å². The minimum Gasteiger partial charge on any atom is -0.140 e. The smallest absolute Gasteiger partial charge is 0.140 e. The summed E-state index contributed by atoms with van der Waals surface area (Å²) < 4.78 is 3.69. The lowest BCUT2D eigenvalue weighted by molar-refractivity contribution is -0.740. The van der Waals surface area contributed by atoms with Crippen LogP contribution in [-0.4, -0.2) is 15.1 Å². The number of hydrogen-bond donors (Lipinski definition) is 0. The molecular weight excluding hydrogens is 164 g/mol. The van der Waals surface area contributed by atoms with Gasteiger partial charge in [-0.2, -0.15) is 0 Å². The molecule has 0 spiro atoms. The lowest BCUT2D eigenvalue weighted by atomic mass is 9.81. The van der Waals surface area contributed by atoms with E-state index in [2.05, 4.69) is 38.1 Å². The van der Waals surface area contributed by atoms with E-state index in [0.29, 0.717) is 5.92 Å². The summed E-state index contributed by atoms with van der Waals surface area (Å²) in [4.78, 5) is 0. The average molecular weight is 183 g/mol. The van der Waals surface area contributed by atoms with Gasteiger partial charge in [-0.15, -0.1) is 4.68 Å². The van der Waals surface area contributed by atoms with Gasteiger partial charge in [-0.05, 0) is 5.41 Å². The molecule has 0 radical (unpaired) electrons. The molecule has 74 valence electrons. The van der Waals surface area contributed by atoms with Crippen LogP contribution in [0, 0.1) is 5.41 Å². The number of hydrogen-bond acceptors (Lipinski definition) is 2. The van der Waals surface area contributed by atoms with Crippen molar-refractivity contribution in [1.29, 1.82) is 0 Å². The van der Waals surface area contributed by atoms with Gasteiger partial charge in [0.2, 0.25) is 0 Å². The average Bonchev–Trinajstić information content (AvgIpc) is 2.28. The Bertz CT molecular complexity index is 276. The zero-order chi connectivity index (χ0) is 10.2. The van der Waals surface area contributed by atoms with E-state index in [0.717, 1.165) is 5.82 Å². The molecule has 4 nitrogen and oxygen atoms in total. The van der Waals surface area contributed by atoms with Gasteiger partial charge in [0.05, 0.1) is 20.0 Å². The van der Waals surface area contributed by atoms with Gasteiger partial charge in [0.15, 0.2) is 5.21 Å². The minimum absolute atomic E-state index is 0.243. The first-order chi connectivity index (χ1) is 5.84. The highest BCUT2D eigenvalue weighted by Gasteiger charge is 2.31. The van der Waals surface area contributed by atoms with Crippen LogP contribution in [0.5, 0.6) is 0 Å². The molecule has 0 N–H and O–H groups in total. The van der Waals surface area contributed by atoms with Gasteiger partial charge in [-0.3, -0.25) is 0 Å². The summed E-state index contributed by atoms with van der Waals surface area (Å²) in [5.74, 6) is 1.60. The third kappa shape index (κ3) is 1.87. The standard InChI is InChI=1S/C9H19N4/c1-7(9(2,3)4)8-12(5)10-11-13(8)6/h7H,1-6H3/q+1. The summed E-state index contributed by atoms with van der Waals surface area (Å²) >= 11 is 0. The third-order valence-electron chi connectivity index (χ3n) is 2.66. The Morgan fingerprint density at radius 3 is 2.23 bits per heavy atom. The molecule has 1 aromatic heterocycles. The van der Waals surface area contributed by atoms with Crippen LogP contribution in [0.4, 0.5) is 0 Å². The molecule has 0 amide bonds. The quantitative estimate of drug-likeness (QED) is 0.603. The molecule has 4 heteroatoms. The summed E-state index contributed by atoms with van der Waals surface area (Å²) in [7, 11) is 3.87. The van der Waals surface area contributed by atoms with Crippen molar-refractivity contribution in [3.05, 3.63) is 5.82 Å². The molecule has 1 aromatic rings. The van der Waals surface area contributed by atoms with Gasteiger partial charge in [0.25, 0.3) is 5.82 Å². The molecule has 0 aliphatic rings. The second-order valence-electron chi connectivity index (χ2n) is 4.67. The second-order valence-corrected chi connectivity index (χ2v) is 4.67. The largest absolute Gasteiger partial charge is 0.259 e. The maximum absolute atomic E-state index is 3.98. The van der Waals surface area contributed by atoms with Crippen LogP contribution in [0.15, 0.2) is 0 Å². The molecule has 0 bridgehead atoms. The Morgan fingerprint density at radius 1 is 1.38 bits per heavy atom. The van der Waals surface area contributed by atoms with Crippen molar-refractivity contribution in [2.24, 2.45) is 19.5 Å². The molecule has 0 saturated heterocycles. The van der Waals surface area contributed by atoms with E-state index in [1.807, 2.05) is 23.5 Å². The Balaban J connectivity index is 3.08. The van der Waals surface area contributed by atoms with Gasteiger partial charge in [-0.25, -0.2) is 0 Å². The van der Waals surface area contributed by atoms with Crippen LogP contribution in [0.1, 0.15) is 39.4 Å². The van der Waals surface area contributed by atoms with Crippen molar-refractivity contribution in [3.8, 4) is 0 Å². The number of rotatable bonds is 1. The van der Waals surface area contributed by atoms with Crippen LogP contribution in [0.2, 0.25) is 0 Å². The van der Waals surface area contributed by atoms with Crippen LogP contribution < -0.4 is 4.68 Å². The van der Waals surface area contributed by atoms with Gasteiger partial charge >= 0.3 is 0 Å². The van der Waals surface area contributed by atoms with Crippen molar-refractivity contribution in [2.45, 2.75) is 33.6 Å². The molecular formula is C9H19N4+. The van der Waals surface area contributed by atoms with E-state index < -0.39 is 0 Å². The normalized spacial score (nSPS) is 14.6. The molecule has 1 rings (SSSR count). The molecule has 0 fully saturated rings. The third-order valence-corrected chi connectivity index (χ3v) is 2.66. The number of nitrogens with zero attached hydrogens (tertiary/aromatic N) is 4. The first kappa shape index (κ1) is 10.2. The Hall–Kier alpha value is -0.930. The molecule has 0 saturated carbocycles. The highest BCUT2D eigenvalue weighted by atomic mass is 15.6. The van der Waals surface area contributed by atoms with Crippen LogP contribution in [-0.2, 0) is 14.1 Å². The van der Waals surface area contributed by atoms with Crippen LogP contribution in [0.3, 0.4) is 0 Å². The van der Waals surface area contributed by atoms with E-state index >= 15 is 0 Å². The molecule has 1 atom stereocenters. The summed E-state index contributed by atoms with van der Waals surface area (Å²) in [6.45, 7) is 8.89. The Labute approximate surface area is 79.5 Å². The van der Waals surface area contributed by atoms with E-state index in [9.17, 15) is 0 Å². The second kappa shape index (κ2) is 3.09. The zero-order valence-corrected chi connectivity index (χ0v) is 9.37. The van der Waals surface area contributed by atoms with Crippen molar-refractivity contribution >= 4 is 0 Å². The zero-order valence-electron chi connectivity index (χ0n) is 9.37. The maximum atomic E-state index is 3.98. The fraction of sp³-hybridized carbons (Fsp3) is 0.889. The van der Waals surface area contributed by atoms with Crippen molar-refractivity contribution in [3.63, 3.8) is 0 Å². The summed E-state index contributed by atoms with van der Waals surface area (Å²) in [6, 6.07) is 0. The van der Waals surface area contributed by atoms with E-state index in [-0.39, 0.29) is 5.41 Å². The molecule has 0 aliphatic carbocycles. The fourth-order valence-corrected chi connectivity index (χ4v) is 1.37. The molecule has 1 heterocycles. The SMILES string of the molecule is CC(c1n(C)nn[n+]1C)C(C)(C)C.